The molecule has 15 heavy (non-hydrogen) atoms. The summed E-state index contributed by atoms with van der Waals surface area (Å²) in [6.45, 7) is 10.4. The van der Waals surface area contributed by atoms with E-state index in [-0.39, 0.29) is 5.41 Å². The number of hydrogen-bond donors (Lipinski definition) is 1. The SMILES string of the molecule is C=CC(C)(CCc1cccs1)CNCC. The van der Waals surface area contributed by atoms with Gasteiger partial charge < -0.3 is 5.32 Å². The van der Waals surface area contributed by atoms with E-state index >= 15 is 0 Å². The third kappa shape index (κ3) is 4.18. The number of hydrogen-bond acceptors (Lipinski definition) is 2. The first-order chi connectivity index (χ1) is 7.20. The molecule has 1 aromatic heterocycles. The standard InChI is InChI=1S/C13H21NS/c1-4-13(3,11-14-5-2)9-8-12-7-6-10-15-12/h4,6-7,10,14H,1,5,8-9,11H2,2-3H3. The second-order valence-electron chi connectivity index (χ2n) is 4.22. The molecule has 0 amide bonds. The molecule has 0 aromatic carbocycles. The van der Waals surface area contributed by atoms with Crippen molar-refractivity contribution in [3.63, 3.8) is 0 Å². The molecule has 0 aliphatic heterocycles. The highest BCUT2D eigenvalue weighted by atomic mass is 32.1. The van der Waals surface area contributed by atoms with Crippen molar-refractivity contribution in [3.8, 4) is 0 Å². The van der Waals surface area contributed by atoms with Gasteiger partial charge in [0.1, 0.15) is 0 Å². The maximum atomic E-state index is 3.95. The Kier molecular flexibility index (Phi) is 5.06. The van der Waals surface area contributed by atoms with Gasteiger partial charge in [0.2, 0.25) is 0 Å². The summed E-state index contributed by atoms with van der Waals surface area (Å²) < 4.78 is 0. The van der Waals surface area contributed by atoms with Gasteiger partial charge in [-0.05, 0) is 36.2 Å². The minimum Gasteiger partial charge on any atom is -0.316 e. The molecule has 0 radical (unpaired) electrons. The predicted molar refractivity (Wildman–Crippen MR) is 69.5 cm³/mol. The quantitative estimate of drug-likeness (QED) is 0.698. The van der Waals surface area contributed by atoms with E-state index in [1.165, 1.54) is 11.3 Å². The topological polar surface area (TPSA) is 12.0 Å². The summed E-state index contributed by atoms with van der Waals surface area (Å²) in [5, 5.41) is 5.55. The second kappa shape index (κ2) is 6.09. The summed E-state index contributed by atoms with van der Waals surface area (Å²) in [5.74, 6) is 0. The van der Waals surface area contributed by atoms with Crippen LogP contribution in [0.2, 0.25) is 0 Å². The van der Waals surface area contributed by atoms with E-state index < -0.39 is 0 Å². The predicted octanol–water partition coefficient (Wildman–Crippen LogP) is 3.48. The van der Waals surface area contributed by atoms with Crippen molar-refractivity contribution in [3.05, 3.63) is 35.0 Å². The summed E-state index contributed by atoms with van der Waals surface area (Å²) in [4.78, 5) is 1.47. The summed E-state index contributed by atoms with van der Waals surface area (Å²) in [6, 6.07) is 4.33. The number of rotatable bonds is 7. The Hall–Kier alpha value is -0.600. The lowest BCUT2D eigenvalue weighted by Gasteiger charge is -2.25. The van der Waals surface area contributed by atoms with E-state index in [0.717, 1.165) is 19.5 Å². The Bertz CT molecular complexity index is 279. The average molecular weight is 223 g/mol. The highest BCUT2D eigenvalue weighted by molar-refractivity contribution is 7.09. The molecule has 1 atom stereocenters. The molecule has 1 heterocycles. The zero-order valence-electron chi connectivity index (χ0n) is 9.75. The fourth-order valence-electron chi connectivity index (χ4n) is 1.54. The van der Waals surface area contributed by atoms with Crippen molar-refractivity contribution in [2.75, 3.05) is 13.1 Å². The lowest BCUT2D eigenvalue weighted by Crippen LogP contribution is -2.30. The molecule has 0 fully saturated rings. The molecule has 1 nitrogen and oxygen atoms in total. The van der Waals surface area contributed by atoms with Gasteiger partial charge in [0.05, 0.1) is 0 Å². The van der Waals surface area contributed by atoms with Gasteiger partial charge in [0, 0.05) is 11.4 Å². The lowest BCUT2D eigenvalue weighted by molar-refractivity contribution is 0.370. The van der Waals surface area contributed by atoms with Gasteiger partial charge in [-0.2, -0.15) is 0 Å². The first-order valence-electron chi connectivity index (χ1n) is 5.57. The molecule has 0 aliphatic rings. The maximum absolute atomic E-state index is 3.95. The zero-order valence-corrected chi connectivity index (χ0v) is 10.6. The van der Waals surface area contributed by atoms with Crippen molar-refractivity contribution in [2.24, 2.45) is 5.41 Å². The highest BCUT2D eigenvalue weighted by Gasteiger charge is 2.19. The average Bonchev–Trinajstić information content (AvgIpc) is 2.76. The van der Waals surface area contributed by atoms with Gasteiger partial charge in [0.25, 0.3) is 0 Å². The summed E-state index contributed by atoms with van der Waals surface area (Å²) in [7, 11) is 0. The molecule has 0 bridgehead atoms. The molecular weight excluding hydrogens is 202 g/mol. The molecule has 0 saturated heterocycles. The molecule has 1 aromatic rings. The molecule has 1 N–H and O–H groups in total. The number of aryl methyl sites for hydroxylation is 1. The van der Waals surface area contributed by atoms with E-state index in [2.05, 4.69) is 49.3 Å². The Balaban J connectivity index is 2.42. The third-order valence-electron chi connectivity index (χ3n) is 2.79. The van der Waals surface area contributed by atoms with Gasteiger partial charge in [-0.15, -0.1) is 17.9 Å². The molecule has 1 unspecified atom stereocenters. The van der Waals surface area contributed by atoms with Crippen LogP contribution in [0.4, 0.5) is 0 Å². The van der Waals surface area contributed by atoms with Gasteiger partial charge in [-0.1, -0.05) is 26.0 Å². The smallest absolute Gasteiger partial charge is 0.00455 e. The van der Waals surface area contributed by atoms with Crippen LogP contribution in [0, 0.1) is 5.41 Å². The fraction of sp³-hybridized carbons (Fsp3) is 0.538. The molecule has 0 saturated carbocycles. The van der Waals surface area contributed by atoms with Crippen LogP contribution in [-0.2, 0) is 6.42 Å². The largest absolute Gasteiger partial charge is 0.316 e. The monoisotopic (exact) mass is 223 g/mol. The normalized spacial score (nSPS) is 14.8. The molecule has 0 spiro atoms. The minimum atomic E-state index is 0.222. The Labute approximate surface area is 97.2 Å². The van der Waals surface area contributed by atoms with Crippen molar-refractivity contribution < 1.29 is 0 Å². The van der Waals surface area contributed by atoms with Crippen LogP contribution < -0.4 is 5.32 Å². The van der Waals surface area contributed by atoms with Gasteiger partial charge in [-0.3, -0.25) is 0 Å². The first-order valence-corrected chi connectivity index (χ1v) is 6.45. The van der Waals surface area contributed by atoms with Crippen LogP contribution in [0.3, 0.4) is 0 Å². The molecule has 84 valence electrons. The van der Waals surface area contributed by atoms with Crippen molar-refractivity contribution in [1.82, 2.24) is 5.32 Å². The first kappa shape index (κ1) is 12.5. The molecule has 2 heteroatoms. The van der Waals surface area contributed by atoms with E-state index in [1.54, 1.807) is 0 Å². The van der Waals surface area contributed by atoms with E-state index in [0.29, 0.717) is 0 Å². The van der Waals surface area contributed by atoms with Gasteiger partial charge >= 0.3 is 0 Å². The van der Waals surface area contributed by atoms with Crippen molar-refractivity contribution >= 4 is 11.3 Å². The third-order valence-corrected chi connectivity index (χ3v) is 3.73. The Morgan fingerprint density at radius 3 is 2.93 bits per heavy atom. The minimum absolute atomic E-state index is 0.222. The number of nitrogens with one attached hydrogen (secondary N) is 1. The van der Waals surface area contributed by atoms with E-state index in [9.17, 15) is 0 Å². The van der Waals surface area contributed by atoms with E-state index in [1.807, 2.05) is 11.3 Å². The molecule has 1 rings (SSSR count). The Morgan fingerprint density at radius 2 is 2.40 bits per heavy atom. The van der Waals surface area contributed by atoms with Crippen LogP contribution in [0.25, 0.3) is 0 Å². The van der Waals surface area contributed by atoms with Gasteiger partial charge in [0.15, 0.2) is 0 Å². The zero-order chi connectivity index (χ0) is 11.1. The van der Waals surface area contributed by atoms with Crippen LogP contribution in [0.15, 0.2) is 30.2 Å². The van der Waals surface area contributed by atoms with Crippen molar-refractivity contribution in [2.45, 2.75) is 26.7 Å². The molecule has 0 aliphatic carbocycles. The summed E-state index contributed by atoms with van der Waals surface area (Å²) in [5.41, 5.74) is 0.222. The lowest BCUT2D eigenvalue weighted by atomic mass is 9.85. The maximum Gasteiger partial charge on any atom is 0.00455 e. The van der Waals surface area contributed by atoms with Crippen LogP contribution in [-0.4, -0.2) is 13.1 Å². The Morgan fingerprint density at radius 1 is 1.60 bits per heavy atom. The van der Waals surface area contributed by atoms with Gasteiger partial charge in [-0.25, -0.2) is 0 Å². The van der Waals surface area contributed by atoms with Crippen LogP contribution >= 0.6 is 11.3 Å². The van der Waals surface area contributed by atoms with Crippen LogP contribution in [0.5, 0.6) is 0 Å². The number of thiophene rings is 1. The molecular formula is C13H21NS. The van der Waals surface area contributed by atoms with Crippen LogP contribution in [0.1, 0.15) is 25.1 Å². The summed E-state index contributed by atoms with van der Waals surface area (Å²) >= 11 is 1.84. The fourth-order valence-corrected chi connectivity index (χ4v) is 2.25. The summed E-state index contributed by atoms with van der Waals surface area (Å²) in [6.07, 6.45) is 4.42. The van der Waals surface area contributed by atoms with Crippen molar-refractivity contribution in [1.29, 1.82) is 0 Å². The highest BCUT2D eigenvalue weighted by Crippen LogP contribution is 2.25. The van der Waals surface area contributed by atoms with E-state index in [4.69, 9.17) is 0 Å². The second-order valence-corrected chi connectivity index (χ2v) is 5.25.